The maximum atomic E-state index is 5.88. The van der Waals surface area contributed by atoms with Gasteiger partial charge in [-0.3, -0.25) is 0 Å². The summed E-state index contributed by atoms with van der Waals surface area (Å²) in [6, 6.07) is 9.62. The number of rotatable bonds is 6. The lowest BCUT2D eigenvalue weighted by Gasteiger charge is -2.13. The molecule has 2 N–H and O–H groups in total. The van der Waals surface area contributed by atoms with E-state index in [2.05, 4.69) is 10.1 Å². The van der Waals surface area contributed by atoms with Crippen LogP contribution in [-0.2, 0) is 4.74 Å². The topological polar surface area (TPSA) is 74.2 Å². The molecule has 0 spiro atoms. The van der Waals surface area contributed by atoms with Gasteiger partial charge in [0.15, 0.2) is 0 Å². The van der Waals surface area contributed by atoms with Crippen molar-refractivity contribution in [2.24, 2.45) is 5.73 Å². The number of nitrogens with zero attached hydrogens (tertiary/aromatic N) is 2. The molecule has 2 atom stereocenters. The molecule has 5 heteroatoms. The van der Waals surface area contributed by atoms with Crippen LogP contribution in [0.2, 0.25) is 0 Å². The van der Waals surface area contributed by atoms with Crippen LogP contribution in [0, 0.1) is 0 Å². The van der Waals surface area contributed by atoms with Crippen LogP contribution in [0.4, 0.5) is 0 Å². The van der Waals surface area contributed by atoms with Gasteiger partial charge in [-0.15, -0.1) is 0 Å². The Labute approximate surface area is 112 Å². The predicted molar refractivity (Wildman–Crippen MR) is 71.4 cm³/mol. The normalized spacial score (nSPS) is 14.3. The maximum absolute atomic E-state index is 5.88. The van der Waals surface area contributed by atoms with Gasteiger partial charge in [0.1, 0.15) is 6.10 Å². The quantitative estimate of drug-likeness (QED) is 0.865. The van der Waals surface area contributed by atoms with E-state index in [0.717, 1.165) is 12.0 Å². The standard InChI is InChI=1S/C14H19N3O2/c1-3-11(15)14-16-13(17-19-14)12(18-4-2)10-8-6-5-7-9-10/h5-9,11-12H,3-4,15H2,1-2H3/t11-,12?/m1/s1. The SMILES string of the molecule is CCOC(c1ccccc1)c1noc([C@H](N)CC)n1. The second kappa shape index (κ2) is 6.45. The van der Waals surface area contributed by atoms with Gasteiger partial charge in [0, 0.05) is 6.61 Å². The molecule has 0 amide bonds. The van der Waals surface area contributed by atoms with Gasteiger partial charge in [0.25, 0.3) is 0 Å². The number of benzene rings is 1. The van der Waals surface area contributed by atoms with Gasteiger partial charge in [-0.05, 0) is 18.9 Å². The third-order valence-electron chi connectivity index (χ3n) is 2.88. The Morgan fingerprint density at radius 3 is 2.63 bits per heavy atom. The lowest BCUT2D eigenvalue weighted by Crippen LogP contribution is -2.11. The smallest absolute Gasteiger partial charge is 0.243 e. The average molecular weight is 261 g/mol. The highest BCUT2D eigenvalue weighted by Gasteiger charge is 2.22. The molecule has 102 valence electrons. The zero-order chi connectivity index (χ0) is 13.7. The molecule has 2 aromatic rings. The Morgan fingerprint density at radius 1 is 1.26 bits per heavy atom. The van der Waals surface area contributed by atoms with Crippen molar-refractivity contribution in [3.05, 3.63) is 47.6 Å². The van der Waals surface area contributed by atoms with E-state index in [1.54, 1.807) is 0 Å². The number of aromatic nitrogens is 2. The van der Waals surface area contributed by atoms with E-state index in [4.69, 9.17) is 15.0 Å². The second-order valence-corrected chi connectivity index (χ2v) is 4.25. The van der Waals surface area contributed by atoms with Crippen LogP contribution in [0.25, 0.3) is 0 Å². The number of hydrogen-bond acceptors (Lipinski definition) is 5. The Morgan fingerprint density at radius 2 is 2.00 bits per heavy atom. The summed E-state index contributed by atoms with van der Waals surface area (Å²) in [6.45, 7) is 4.49. The minimum atomic E-state index is -0.312. The molecule has 0 aliphatic rings. The number of hydrogen-bond donors (Lipinski definition) is 1. The molecule has 0 aliphatic heterocycles. The molecule has 0 saturated heterocycles. The summed E-state index contributed by atoms with van der Waals surface area (Å²) in [5.41, 5.74) is 6.88. The fourth-order valence-electron chi connectivity index (χ4n) is 1.79. The van der Waals surface area contributed by atoms with Crippen LogP contribution in [0.1, 0.15) is 49.7 Å². The molecule has 0 radical (unpaired) electrons. The summed E-state index contributed by atoms with van der Waals surface area (Å²) < 4.78 is 10.9. The van der Waals surface area contributed by atoms with E-state index in [1.165, 1.54) is 0 Å². The van der Waals surface area contributed by atoms with Gasteiger partial charge < -0.3 is 15.0 Å². The lowest BCUT2D eigenvalue weighted by atomic mass is 10.1. The average Bonchev–Trinajstić information content (AvgIpc) is 2.94. The highest BCUT2D eigenvalue weighted by molar-refractivity contribution is 5.22. The first-order chi connectivity index (χ1) is 9.26. The minimum Gasteiger partial charge on any atom is -0.366 e. The Bertz CT molecular complexity index is 498. The summed E-state index contributed by atoms with van der Waals surface area (Å²) in [7, 11) is 0. The largest absolute Gasteiger partial charge is 0.366 e. The Hall–Kier alpha value is -1.72. The monoisotopic (exact) mass is 261 g/mol. The molecular weight excluding hydrogens is 242 g/mol. The van der Waals surface area contributed by atoms with Crippen molar-refractivity contribution < 1.29 is 9.26 Å². The van der Waals surface area contributed by atoms with Crippen LogP contribution in [-0.4, -0.2) is 16.7 Å². The van der Waals surface area contributed by atoms with Crippen molar-refractivity contribution in [2.45, 2.75) is 32.4 Å². The van der Waals surface area contributed by atoms with Crippen molar-refractivity contribution in [1.82, 2.24) is 10.1 Å². The van der Waals surface area contributed by atoms with Crippen LogP contribution in [0.5, 0.6) is 0 Å². The van der Waals surface area contributed by atoms with E-state index < -0.39 is 0 Å². The molecule has 1 heterocycles. The van der Waals surface area contributed by atoms with Crippen molar-refractivity contribution in [3.63, 3.8) is 0 Å². The lowest BCUT2D eigenvalue weighted by molar-refractivity contribution is 0.0833. The summed E-state index contributed by atoms with van der Waals surface area (Å²) in [4.78, 5) is 4.35. The maximum Gasteiger partial charge on any atom is 0.243 e. The van der Waals surface area contributed by atoms with Gasteiger partial charge in [0.05, 0.1) is 6.04 Å². The van der Waals surface area contributed by atoms with Crippen LogP contribution >= 0.6 is 0 Å². The van der Waals surface area contributed by atoms with Crippen molar-refractivity contribution in [3.8, 4) is 0 Å². The number of nitrogens with two attached hydrogens (primary N) is 1. The summed E-state index contributed by atoms with van der Waals surface area (Å²) in [6.07, 6.45) is 0.444. The fraction of sp³-hybridized carbons (Fsp3) is 0.429. The first kappa shape index (κ1) is 13.7. The zero-order valence-electron chi connectivity index (χ0n) is 11.2. The third kappa shape index (κ3) is 3.19. The molecule has 19 heavy (non-hydrogen) atoms. The summed E-state index contributed by atoms with van der Waals surface area (Å²) in [5.74, 6) is 0.977. The van der Waals surface area contributed by atoms with E-state index >= 15 is 0 Å². The molecule has 1 aromatic heterocycles. The summed E-state index contributed by atoms with van der Waals surface area (Å²) >= 11 is 0. The molecule has 0 saturated carbocycles. The van der Waals surface area contributed by atoms with E-state index in [9.17, 15) is 0 Å². The Balaban J connectivity index is 2.27. The van der Waals surface area contributed by atoms with Crippen molar-refractivity contribution in [2.75, 3.05) is 6.61 Å². The van der Waals surface area contributed by atoms with Gasteiger partial charge in [0.2, 0.25) is 11.7 Å². The predicted octanol–water partition coefficient (Wildman–Crippen LogP) is 2.61. The summed E-state index contributed by atoms with van der Waals surface area (Å²) in [5, 5.41) is 3.99. The van der Waals surface area contributed by atoms with E-state index in [-0.39, 0.29) is 12.1 Å². The van der Waals surface area contributed by atoms with Crippen LogP contribution in [0.15, 0.2) is 34.9 Å². The van der Waals surface area contributed by atoms with E-state index in [0.29, 0.717) is 18.3 Å². The number of ether oxygens (including phenoxy) is 1. The third-order valence-corrected chi connectivity index (χ3v) is 2.88. The van der Waals surface area contributed by atoms with Gasteiger partial charge in [-0.25, -0.2) is 0 Å². The Kier molecular flexibility index (Phi) is 4.65. The second-order valence-electron chi connectivity index (χ2n) is 4.25. The van der Waals surface area contributed by atoms with Crippen LogP contribution < -0.4 is 5.73 Å². The zero-order valence-corrected chi connectivity index (χ0v) is 11.2. The fourth-order valence-corrected chi connectivity index (χ4v) is 1.79. The van der Waals surface area contributed by atoms with Crippen molar-refractivity contribution in [1.29, 1.82) is 0 Å². The molecule has 1 unspecified atom stereocenters. The van der Waals surface area contributed by atoms with Gasteiger partial charge in [-0.2, -0.15) is 4.98 Å². The van der Waals surface area contributed by atoms with Gasteiger partial charge >= 0.3 is 0 Å². The molecule has 0 bridgehead atoms. The molecule has 0 aliphatic carbocycles. The minimum absolute atomic E-state index is 0.223. The van der Waals surface area contributed by atoms with Crippen molar-refractivity contribution >= 4 is 0 Å². The molecule has 5 nitrogen and oxygen atoms in total. The molecule has 1 aromatic carbocycles. The highest BCUT2D eigenvalue weighted by Crippen LogP contribution is 2.24. The molecule has 0 fully saturated rings. The first-order valence-corrected chi connectivity index (χ1v) is 6.51. The van der Waals surface area contributed by atoms with Gasteiger partial charge in [-0.1, -0.05) is 42.4 Å². The van der Waals surface area contributed by atoms with E-state index in [1.807, 2.05) is 44.2 Å². The molecule has 2 rings (SSSR count). The first-order valence-electron chi connectivity index (χ1n) is 6.51. The van der Waals surface area contributed by atoms with Crippen LogP contribution in [0.3, 0.4) is 0 Å². The molecular formula is C14H19N3O2. The highest BCUT2D eigenvalue weighted by atomic mass is 16.5.